The van der Waals surface area contributed by atoms with Crippen LogP contribution in [0.3, 0.4) is 0 Å². The summed E-state index contributed by atoms with van der Waals surface area (Å²) in [5.41, 5.74) is -2.22. The Labute approximate surface area is 200 Å². The number of imidazole rings is 1. The third-order valence-corrected chi connectivity index (χ3v) is 5.44. The Kier molecular flexibility index (Phi) is 6.41. The van der Waals surface area contributed by atoms with Crippen LogP contribution in [-0.2, 0) is 16.0 Å². The highest BCUT2D eigenvalue weighted by atomic mass is 16.6. The van der Waals surface area contributed by atoms with E-state index < -0.39 is 33.0 Å². The Bertz CT molecular complexity index is 1590. The molecular formula is C22H18N6O8. The lowest BCUT2D eigenvalue weighted by Crippen LogP contribution is -2.41. The van der Waals surface area contributed by atoms with E-state index in [1.165, 1.54) is 53.6 Å². The zero-order chi connectivity index (χ0) is 26.0. The van der Waals surface area contributed by atoms with Gasteiger partial charge in [-0.1, -0.05) is 12.1 Å². The van der Waals surface area contributed by atoms with E-state index in [-0.39, 0.29) is 41.1 Å². The van der Waals surface area contributed by atoms with Gasteiger partial charge in [-0.2, -0.15) is 0 Å². The fraction of sp³-hybridized carbons (Fsp3) is 0.182. The zero-order valence-electron chi connectivity index (χ0n) is 18.7. The Balaban J connectivity index is 1.97. The summed E-state index contributed by atoms with van der Waals surface area (Å²) in [4.78, 5) is 66.2. The Hall–Kier alpha value is -5.14. The topological polar surface area (TPSA) is 185 Å². The number of benzene rings is 2. The largest absolute Gasteiger partial charge is 0.464 e. The molecule has 0 radical (unpaired) electrons. The highest BCUT2D eigenvalue weighted by Gasteiger charge is 2.28. The number of aromatic nitrogens is 4. The molecule has 4 rings (SSSR count). The molecule has 14 nitrogen and oxygen atoms in total. The molecule has 1 unspecified atom stereocenters. The Morgan fingerprint density at radius 1 is 1.14 bits per heavy atom. The van der Waals surface area contributed by atoms with E-state index in [1.807, 2.05) is 0 Å². The highest BCUT2D eigenvalue weighted by Crippen LogP contribution is 2.29. The summed E-state index contributed by atoms with van der Waals surface area (Å²) < 4.78 is 7.44. The molecule has 1 atom stereocenters. The second kappa shape index (κ2) is 9.61. The van der Waals surface area contributed by atoms with E-state index >= 15 is 0 Å². The van der Waals surface area contributed by atoms with Crippen molar-refractivity contribution >= 4 is 28.4 Å². The molecule has 0 aliphatic carbocycles. The molecule has 2 heterocycles. The molecule has 0 fully saturated rings. The first-order valence-electron chi connectivity index (χ1n) is 10.6. The number of ether oxygens (including phenoxy) is 1. The Morgan fingerprint density at radius 3 is 2.44 bits per heavy atom. The van der Waals surface area contributed by atoms with E-state index in [9.17, 15) is 34.6 Å². The number of carbonyl (C=O) groups is 1. The van der Waals surface area contributed by atoms with Crippen LogP contribution in [0.1, 0.15) is 18.5 Å². The maximum Gasteiger partial charge on any atom is 0.329 e. The van der Waals surface area contributed by atoms with Crippen LogP contribution in [0, 0.1) is 20.2 Å². The maximum atomic E-state index is 13.1. The third-order valence-electron chi connectivity index (χ3n) is 5.44. The van der Waals surface area contributed by atoms with Crippen molar-refractivity contribution in [1.29, 1.82) is 0 Å². The number of nitro groups is 2. The van der Waals surface area contributed by atoms with E-state index in [1.54, 1.807) is 6.92 Å². The lowest BCUT2D eigenvalue weighted by molar-refractivity contribution is -0.384. The lowest BCUT2D eigenvalue weighted by atomic mass is 10.0. The molecule has 184 valence electrons. The van der Waals surface area contributed by atoms with Gasteiger partial charge in [-0.05, 0) is 18.6 Å². The van der Waals surface area contributed by atoms with Gasteiger partial charge in [0, 0.05) is 37.0 Å². The summed E-state index contributed by atoms with van der Waals surface area (Å²) in [5, 5.41) is 22.7. The molecule has 1 N–H and O–H groups in total. The van der Waals surface area contributed by atoms with Crippen LogP contribution < -0.4 is 11.1 Å². The third kappa shape index (κ3) is 4.46. The second-order valence-corrected chi connectivity index (χ2v) is 7.61. The minimum Gasteiger partial charge on any atom is -0.464 e. The lowest BCUT2D eigenvalue weighted by Gasteiger charge is -2.20. The first kappa shape index (κ1) is 24.0. The SMILES string of the molecule is CCOC(=O)C(Cc1ccc([N+](=O)[O-])cc1)n1c(=O)c(=O)[nH]c2cc([N+](=O)[O-])c(-n3ccnc3)cc21. The van der Waals surface area contributed by atoms with Gasteiger partial charge in [0.05, 0.1) is 33.8 Å². The van der Waals surface area contributed by atoms with E-state index in [0.717, 1.165) is 10.6 Å². The summed E-state index contributed by atoms with van der Waals surface area (Å²) in [7, 11) is 0. The van der Waals surface area contributed by atoms with Gasteiger partial charge in [0.2, 0.25) is 0 Å². The molecule has 0 aliphatic heterocycles. The number of carbonyl (C=O) groups excluding carboxylic acids is 1. The smallest absolute Gasteiger partial charge is 0.329 e. The number of esters is 1. The molecule has 4 aromatic rings. The van der Waals surface area contributed by atoms with Crippen molar-refractivity contribution in [2.24, 2.45) is 0 Å². The molecule has 0 saturated heterocycles. The predicted molar refractivity (Wildman–Crippen MR) is 125 cm³/mol. The Morgan fingerprint density at radius 2 is 1.86 bits per heavy atom. The van der Waals surface area contributed by atoms with Gasteiger partial charge in [0.1, 0.15) is 11.7 Å². The number of nitrogens with zero attached hydrogens (tertiary/aromatic N) is 5. The highest BCUT2D eigenvalue weighted by molar-refractivity contribution is 5.84. The molecule has 2 aromatic heterocycles. The van der Waals surface area contributed by atoms with E-state index in [2.05, 4.69) is 9.97 Å². The number of aromatic amines is 1. The van der Waals surface area contributed by atoms with Crippen LogP contribution in [-0.4, -0.2) is 41.5 Å². The summed E-state index contributed by atoms with van der Waals surface area (Å²) in [6, 6.07) is 6.39. The molecule has 2 aromatic carbocycles. The number of rotatable bonds is 8. The van der Waals surface area contributed by atoms with Crippen molar-refractivity contribution in [3.8, 4) is 5.69 Å². The number of hydrogen-bond donors (Lipinski definition) is 1. The van der Waals surface area contributed by atoms with Crippen molar-refractivity contribution < 1.29 is 19.4 Å². The van der Waals surface area contributed by atoms with Crippen molar-refractivity contribution in [3.05, 3.63) is 102 Å². The number of nitro benzene ring substituents is 2. The predicted octanol–water partition coefficient (Wildman–Crippen LogP) is 2.04. The number of hydrogen-bond acceptors (Lipinski definition) is 9. The molecule has 0 amide bonds. The van der Waals surface area contributed by atoms with Gasteiger partial charge in [0.25, 0.3) is 11.4 Å². The van der Waals surface area contributed by atoms with Crippen LogP contribution in [0.2, 0.25) is 0 Å². The summed E-state index contributed by atoms with van der Waals surface area (Å²) in [6.45, 7) is 1.55. The average molecular weight is 494 g/mol. The number of nitrogens with one attached hydrogen (secondary N) is 1. The van der Waals surface area contributed by atoms with Crippen LogP contribution in [0.4, 0.5) is 11.4 Å². The van der Waals surface area contributed by atoms with Crippen molar-refractivity contribution in [3.63, 3.8) is 0 Å². The normalized spacial score (nSPS) is 11.8. The van der Waals surface area contributed by atoms with Gasteiger partial charge in [-0.15, -0.1) is 0 Å². The number of H-pyrrole nitrogens is 1. The summed E-state index contributed by atoms with van der Waals surface area (Å²) in [6.07, 6.45) is 4.04. The summed E-state index contributed by atoms with van der Waals surface area (Å²) in [5.74, 6) is -0.826. The molecule has 0 saturated carbocycles. The quantitative estimate of drug-likeness (QED) is 0.166. The first-order valence-corrected chi connectivity index (χ1v) is 10.6. The number of fused-ring (bicyclic) bond motifs is 1. The second-order valence-electron chi connectivity index (χ2n) is 7.61. The first-order chi connectivity index (χ1) is 17.2. The van der Waals surface area contributed by atoms with Crippen LogP contribution in [0.5, 0.6) is 0 Å². The van der Waals surface area contributed by atoms with Crippen LogP contribution in [0.15, 0.2) is 64.7 Å². The minimum absolute atomic E-state index is 0.0166. The van der Waals surface area contributed by atoms with Crippen molar-refractivity contribution in [2.45, 2.75) is 19.4 Å². The number of non-ortho nitro benzene ring substituents is 1. The van der Waals surface area contributed by atoms with E-state index in [4.69, 9.17) is 4.74 Å². The van der Waals surface area contributed by atoms with Crippen LogP contribution >= 0.6 is 0 Å². The monoisotopic (exact) mass is 494 g/mol. The summed E-state index contributed by atoms with van der Waals surface area (Å²) >= 11 is 0. The van der Waals surface area contributed by atoms with E-state index in [0.29, 0.717) is 5.56 Å². The van der Waals surface area contributed by atoms with Gasteiger partial charge in [-0.25, -0.2) is 9.78 Å². The van der Waals surface area contributed by atoms with Gasteiger partial charge < -0.3 is 14.3 Å². The van der Waals surface area contributed by atoms with Gasteiger partial charge >= 0.3 is 17.1 Å². The fourth-order valence-corrected chi connectivity index (χ4v) is 3.82. The fourth-order valence-electron chi connectivity index (χ4n) is 3.82. The van der Waals surface area contributed by atoms with Crippen molar-refractivity contribution in [2.75, 3.05) is 6.61 Å². The van der Waals surface area contributed by atoms with Gasteiger partial charge in [0.15, 0.2) is 0 Å². The zero-order valence-corrected chi connectivity index (χ0v) is 18.7. The van der Waals surface area contributed by atoms with Crippen LogP contribution in [0.25, 0.3) is 16.7 Å². The van der Waals surface area contributed by atoms with Crippen molar-refractivity contribution in [1.82, 2.24) is 19.1 Å². The molecule has 36 heavy (non-hydrogen) atoms. The molecule has 0 bridgehead atoms. The molecule has 0 spiro atoms. The molecule has 0 aliphatic rings. The molecule has 14 heteroatoms. The average Bonchev–Trinajstić information content (AvgIpc) is 3.38. The minimum atomic E-state index is -1.35. The van der Waals surface area contributed by atoms with Gasteiger partial charge in [-0.3, -0.25) is 34.4 Å². The maximum absolute atomic E-state index is 13.1. The standard InChI is InChI=1S/C22H18N6O8/c1-2-36-22(31)19(9-13-3-5-14(6-4-13)27(32)33)26-16-11-17(25-8-7-23-12-25)18(28(34)35)10-15(16)24-20(29)21(26)30/h3-8,10-12,19H,2,9H2,1H3,(H,24,29). The molecular weight excluding hydrogens is 476 g/mol.